The second-order valence-corrected chi connectivity index (χ2v) is 7.53. The van der Waals surface area contributed by atoms with E-state index in [0.717, 1.165) is 52.0 Å². The average Bonchev–Trinajstić information content (AvgIpc) is 2.93. The largest absolute Gasteiger partial charge is 0.381 e. The van der Waals surface area contributed by atoms with Crippen LogP contribution in [0.1, 0.15) is 39.5 Å². The van der Waals surface area contributed by atoms with Crippen molar-refractivity contribution in [1.82, 2.24) is 15.1 Å². The van der Waals surface area contributed by atoms with E-state index in [4.69, 9.17) is 4.74 Å². The van der Waals surface area contributed by atoms with Crippen LogP contribution in [0.5, 0.6) is 0 Å². The van der Waals surface area contributed by atoms with Crippen molar-refractivity contribution in [2.45, 2.75) is 39.5 Å². The molecule has 2 aliphatic rings. The highest BCUT2D eigenvalue weighted by atomic mass is 16.5. The zero-order chi connectivity index (χ0) is 17.6. The molecule has 2 rings (SSSR count). The van der Waals surface area contributed by atoms with E-state index >= 15 is 0 Å². The summed E-state index contributed by atoms with van der Waals surface area (Å²) in [5.74, 6) is 0.849. The molecule has 0 aromatic heterocycles. The fraction of sp³-hybridized carbons (Fsp3) is 0.889. The number of amides is 2. The lowest BCUT2D eigenvalue weighted by atomic mass is 9.88. The summed E-state index contributed by atoms with van der Waals surface area (Å²) in [5.41, 5.74) is -0.245. The van der Waals surface area contributed by atoms with E-state index in [1.165, 1.54) is 0 Å². The number of carbonyl (C=O) groups excluding carboxylic acids is 2. The Morgan fingerprint density at radius 2 is 1.96 bits per heavy atom. The van der Waals surface area contributed by atoms with Crippen molar-refractivity contribution in [3.63, 3.8) is 0 Å². The van der Waals surface area contributed by atoms with Gasteiger partial charge >= 0.3 is 0 Å². The number of rotatable bonds is 7. The zero-order valence-corrected chi connectivity index (χ0v) is 15.5. The Kier molecular flexibility index (Phi) is 7.04. The first-order chi connectivity index (χ1) is 11.4. The van der Waals surface area contributed by atoms with Crippen LogP contribution in [0.4, 0.5) is 0 Å². The Bertz CT molecular complexity index is 435. The van der Waals surface area contributed by atoms with Gasteiger partial charge in [-0.3, -0.25) is 9.59 Å². The molecule has 24 heavy (non-hydrogen) atoms. The molecular weight excluding hydrogens is 306 g/mol. The molecule has 1 N–H and O–H groups in total. The molecule has 6 nitrogen and oxygen atoms in total. The number of hydrogen-bond donors (Lipinski definition) is 1. The summed E-state index contributed by atoms with van der Waals surface area (Å²) >= 11 is 0. The second kappa shape index (κ2) is 8.81. The second-order valence-electron chi connectivity index (χ2n) is 7.53. The van der Waals surface area contributed by atoms with Gasteiger partial charge in [0.25, 0.3) is 0 Å². The highest BCUT2D eigenvalue weighted by Crippen LogP contribution is 2.29. The van der Waals surface area contributed by atoms with Crippen molar-refractivity contribution in [2.75, 3.05) is 53.0 Å². The lowest BCUT2D eigenvalue weighted by Crippen LogP contribution is -2.45. The molecule has 2 saturated heterocycles. The van der Waals surface area contributed by atoms with Crippen LogP contribution in [-0.4, -0.2) is 74.6 Å². The van der Waals surface area contributed by atoms with Crippen LogP contribution in [0.3, 0.4) is 0 Å². The molecule has 2 aliphatic heterocycles. The highest BCUT2D eigenvalue weighted by Gasteiger charge is 2.39. The minimum atomic E-state index is -0.245. The molecule has 0 spiro atoms. The topological polar surface area (TPSA) is 61.9 Å². The van der Waals surface area contributed by atoms with Gasteiger partial charge in [-0.1, -0.05) is 0 Å². The minimum absolute atomic E-state index is 0.182. The Morgan fingerprint density at radius 1 is 1.25 bits per heavy atom. The normalized spacial score (nSPS) is 25.9. The maximum Gasteiger partial charge on any atom is 0.227 e. The molecular formula is C18H33N3O3. The molecule has 0 radical (unpaired) electrons. The Labute approximate surface area is 145 Å². The molecule has 2 fully saturated rings. The Balaban J connectivity index is 1.66. The monoisotopic (exact) mass is 339 g/mol. The van der Waals surface area contributed by atoms with Crippen LogP contribution in [0.25, 0.3) is 0 Å². The molecule has 2 amide bonds. The maximum absolute atomic E-state index is 12.5. The van der Waals surface area contributed by atoms with Gasteiger partial charge in [-0.2, -0.15) is 0 Å². The number of nitrogens with one attached hydrogen (secondary N) is 1. The van der Waals surface area contributed by atoms with Gasteiger partial charge in [-0.25, -0.2) is 0 Å². The molecule has 1 unspecified atom stereocenters. The summed E-state index contributed by atoms with van der Waals surface area (Å²) in [6.07, 6.45) is 3.35. The van der Waals surface area contributed by atoms with Crippen molar-refractivity contribution >= 4 is 11.8 Å². The van der Waals surface area contributed by atoms with Crippen LogP contribution in [0, 0.1) is 11.3 Å². The fourth-order valence-corrected chi connectivity index (χ4v) is 3.68. The predicted molar refractivity (Wildman–Crippen MR) is 93.6 cm³/mol. The summed E-state index contributed by atoms with van der Waals surface area (Å²) < 4.78 is 5.25. The SMILES string of the molecule is CCOCCC(=O)N1CCC(CNC(=O)C2(C)CCN(C)C2)CC1. The number of ether oxygens (including phenoxy) is 1. The maximum atomic E-state index is 12.5. The summed E-state index contributed by atoms with van der Waals surface area (Å²) in [6, 6.07) is 0. The van der Waals surface area contributed by atoms with E-state index in [2.05, 4.69) is 24.2 Å². The number of piperidine rings is 1. The first-order valence-electron chi connectivity index (χ1n) is 9.27. The number of likely N-dealkylation sites (tertiary alicyclic amines) is 2. The van der Waals surface area contributed by atoms with Crippen LogP contribution in [0.15, 0.2) is 0 Å². The van der Waals surface area contributed by atoms with Gasteiger partial charge in [0, 0.05) is 32.8 Å². The quantitative estimate of drug-likeness (QED) is 0.706. The summed E-state index contributed by atoms with van der Waals surface area (Å²) in [6.45, 7) is 9.33. The molecule has 0 aliphatic carbocycles. The van der Waals surface area contributed by atoms with E-state index in [9.17, 15) is 9.59 Å². The van der Waals surface area contributed by atoms with Gasteiger partial charge in [-0.15, -0.1) is 0 Å². The van der Waals surface area contributed by atoms with Crippen LogP contribution < -0.4 is 5.32 Å². The van der Waals surface area contributed by atoms with Crippen LogP contribution in [-0.2, 0) is 14.3 Å². The molecule has 6 heteroatoms. The van der Waals surface area contributed by atoms with Gasteiger partial charge in [0.2, 0.25) is 11.8 Å². The average molecular weight is 339 g/mol. The summed E-state index contributed by atoms with van der Waals surface area (Å²) in [4.78, 5) is 28.7. The summed E-state index contributed by atoms with van der Waals surface area (Å²) in [5, 5.41) is 3.15. The van der Waals surface area contributed by atoms with Crippen LogP contribution >= 0.6 is 0 Å². The lowest BCUT2D eigenvalue weighted by Gasteiger charge is -2.33. The van der Waals surface area contributed by atoms with Gasteiger partial charge < -0.3 is 19.9 Å². The van der Waals surface area contributed by atoms with E-state index in [0.29, 0.717) is 25.6 Å². The van der Waals surface area contributed by atoms with Gasteiger partial charge in [-0.05, 0) is 52.6 Å². The number of hydrogen-bond acceptors (Lipinski definition) is 4. The highest BCUT2D eigenvalue weighted by molar-refractivity contribution is 5.82. The lowest BCUT2D eigenvalue weighted by molar-refractivity contribution is -0.134. The first-order valence-corrected chi connectivity index (χ1v) is 9.27. The van der Waals surface area contributed by atoms with Crippen molar-refractivity contribution in [1.29, 1.82) is 0 Å². The third-order valence-corrected chi connectivity index (χ3v) is 5.40. The molecule has 0 aromatic rings. The molecule has 0 saturated carbocycles. The van der Waals surface area contributed by atoms with E-state index in [-0.39, 0.29) is 17.2 Å². The number of nitrogens with zero attached hydrogens (tertiary/aromatic N) is 2. The fourth-order valence-electron chi connectivity index (χ4n) is 3.68. The Morgan fingerprint density at radius 3 is 2.54 bits per heavy atom. The van der Waals surface area contributed by atoms with Gasteiger partial charge in [0.15, 0.2) is 0 Å². The number of carbonyl (C=O) groups is 2. The van der Waals surface area contributed by atoms with Crippen molar-refractivity contribution in [3.8, 4) is 0 Å². The van der Waals surface area contributed by atoms with Crippen molar-refractivity contribution in [2.24, 2.45) is 11.3 Å². The first kappa shape index (κ1) is 19.2. The molecule has 2 heterocycles. The standard InChI is InChI=1S/C18H33N3O3/c1-4-24-12-7-16(22)21-9-5-15(6-10-21)13-19-17(23)18(2)8-11-20(3)14-18/h15H,4-14H2,1-3H3,(H,19,23). The van der Waals surface area contributed by atoms with E-state index in [1.54, 1.807) is 0 Å². The predicted octanol–water partition coefficient (Wildman–Crippen LogP) is 1.11. The third-order valence-electron chi connectivity index (χ3n) is 5.40. The van der Waals surface area contributed by atoms with Gasteiger partial charge in [0.1, 0.15) is 0 Å². The van der Waals surface area contributed by atoms with Crippen molar-refractivity contribution in [3.05, 3.63) is 0 Å². The molecule has 138 valence electrons. The zero-order valence-electron chi connectivity index (χ0n) is 15.5. The smallest absolute Gasteiger partial charge is 0.227 e. The van der Waals surface area contributed by atoms with Gasteiger partial charge in [0.05, 0.1) is 18.4 Å². The minimum Gasteiger partial charge on any atom is -0.381 e. The summed E-state index contributed by atoms with van der Waals surface area (Å²) in [7, 11) is 2.07. The van der Waals surface area contributed by atoms with E-state index in [1.807, 2.05) is 11.8 Å². The molecule has 0 aromatic carbocycles. The Hall–Kier alpha value is -1.14. The molecule has 1 atom stereocenters. The van der Waals surface area contributed by atoms with E-state index < -0.39 is 0 Å². The third kappa shape index (κ3) is 5.18. The van der Waals surface area contributed by atoms with Crippen LogP contribution in [0.2, 0.25) is 0 Å². The van der Waals surface area contributed by atoms with Crippen molar-refractivity contribution < 1.29 is 14.3 Å². The molecule has 0 bridgehead atoms.